The molecule has 0 radical (unpaired) electrons. The summed E-state index contributed by atoms with van der Waals surface area (Å²) in [6, 6.07) is 4.92. The van der Waals surface area contributed by atoms with Gasteiger partial charge in [0.25, 0.3) is 0 Å². The highest BCUT2D eigenvalue weighted by Crippen LogP contribution is 2.20. The third-order valence-corrected chi connectivity index (χ3v) is 2.66. The van der Waals surface area contributed by atoms with Crippen molar-refractivity contribution in [2.75, 3.05) is 13.7 Å². The first kappa shape index (κ1) is 15.2. The van der Waals surface area contributed by atoms with E-state index < -0.39 is 0 Å². The van der Waals surface area contributed by atoms with Gasteiger partial charge in [-0.3, -0.25) is 5.43 Å². The molecule has 0 aromatic heterocycles. The quantitative estimate of drug-likeness (QED) is 0.322. The van der Waals surface area contributed by atoms with Crippen LogP contribution in [0.1, 0.15) is 25.3 Å². The number of benzene rings is 1. The summed E-state index contributed by atoms with van der Waals surface area (Å²) in [7, 11) is 1.57. The number of rotatable bonds is 6. The van der Waals surface area contributed by atoms with Crippen molar-refractivity contribution in [3.63, 3.8) is 0 Å². The number of hydrogen-bond donors (Lipinski definition) is 3. The van der Waals surface area contributed by atoms with Gasteiger partial charge in [0.15, 0.2) is 5.11 Å². The first-order valence-corrected chi connectivity index (χ1v) is 6.52. The highest BCUT2D eigenvalue weighted by molar-refractivity contribution is 7.80. The molecular formula is C13H19N3O2S. The number of ether oxygens (including phenoxy) is 1. The maximum Gasteiger partial charge on any atom is 0.186 e. The summed E-state index contributed by atoms with van der Waals surface area (Å²) < 4.78 is 5.07. The van der Waals surface area contributed by atoms with Crippen molar-refractivity contribution in [1.29, 1.82) is 0 Å². The number of phenols is 1. The van der Waals surface area contributed by atoms with Gasteiger partial charge in [-0.1, -0.05) is 13.3 Å². The second kappa shape index (κ2) is 8.31. The van der Waals surface area contributed by atoms with Gasteiger partial charge in [-0.15, -0.1) is 0 Å². The lowest BCUT2D eigenvalue weighted by atomic mass is 10.2. The van der Waals surface area contributed by atoms with Gasteiger partial charge >= 0.3 is 0 Å². The lowest BCUT2D eigenvalue weighted by Gasteiger charge is -2.06. The maximum atomic E-state index is 9.65. The Morgan fingerprint density at radius 1 is 1.53 bits per heavy atom. The summed E-state index contributed by atoms with van der Waals surface area (Å²) in [5.41, 5.74) is 3.25. The van der Waals surface area contributed by atoms with Gasteiger partial charge < -0.3 is 15.2 Å². The third-order valence-electron chi connectivity index (χ3n) is 2.42. The van der Waals surface area contributed by atoms with Crippen LogP contribution in [-0.2, 0) is 0 Å². The normalized spacial score (nSPS) is 10.4. The number of hydrazone groups is 1. The van der Waals surface area contributed by atoms with Crippen LogP contribution in [0.5, 0.6) is 11.5 Å². The molecule has 0 atom stereocenters. The summed E-state index contributed by atoms with van der Waals surface area (Å²) in [5, 5.41) is 17.1. The Kier molecular flexibility index (Phi) is 6.67. The molecule has 6 heteroatoms. The Labute approximate surface area is 118 Å². The van der Waals surface area contributed by atoms with Gasteiger partial charge in [0.1, 0.15) is 11.5 Å². The van der Waals surface area contributed by atoms with Gasteiger partial charge in [0, 0.05) is 12.1 Å². The van der Waals surface area contributed by atoms with Crippen LogP contribution in [0, 0.1) is 0 Å². The van der Waals surface area contributed by atoms with E-state index in [1.807, 2.05) is 0 Å². The van der Waals surface area contributed by atoms with Crippen LogP contribution in [-0.4, -0.2) is 30.1 Å². The minimum Gasteiger partial charge on any atom is -0.507 e. The lowest BCUT2D eigenvalue weighted by molar-refractivity contribution is 0.412. The third kappa shape index (κ3) is 5.56. The molecule has 0 saturated heterocycles. The average molecular weight is 281 g/mol. The van der Waals surface area contributed by atoms with Gasteiger partial charge in [-0.2, -0.15) is 5.10 Å². The number of phenolic OH excluding ortho intramolecular Hbond substituents is 1. The van der Waals surface area contributed by atoms with E-state index >= 15 is 0 Å². The molecule has 1 aromatic rings. The number of nitrogens with one attached hydrogen (secondary N) is 2. The van der Waals surface area contributed by atoms with Crippen LogP contribution in [0.25, 0.3) is 0 Å². The molecule has 0 saturated carbocycles. The second-order valence-electron chi connectivity index (χ2n) is 3.90. The monoisotopic (exact) mass is 281 g/mol. The van der Waals surface area contributed by atoms with Crippen LogP contribution in [0.2, 0.25) is 0 Å². The summed E-state index contributed by atoms with van der Waals surface area (Å²) in [5.74, 6) is 0.791. The largest absolute Gasteiger partial charge is 0.507 e. The topological polar surface area (TPSA) is 65.9 Å². The van der Waals surface area contributed by atoms with Crippen molar-refractivity contribution in [2.45, 2.75) is 19.8 Å². The van der Waals surface area contributed by atoms with Crippen LogP contribution in [0.15, 0.2) is 23.3 Å². The number of thiocarbonyl (C=S) groups is 1. The average Bonchev–Trinajstić information content (AvgIpc) is 2.41. The second-order valence-corrected chi connectivity index (χ2v) is 4.31. The molecule has 5 nitrogen and oxygen atoms in total. The zero-order chi connectivity index (χ0) is 14.1. The molecule has 0 bridgehead atoms. The van der Waals surface area contributed by atoms with Crippen LogP contribution in [0.3, 0.4) is 0 Å². The lowest BCUT2D eigenvalue weighted by Crippen LogP contribution is -2.32. The highest BCUT2D eigenvalue weighted by Gasteiger charge is 2.00. The molecule has 1 aromatic carbocycles. The minimum absolute atomic E-state index is 0.135. The Bertz CT molecular complexity index is 450. The van der Waals surface area contributed by atoms with E-state index in [9.17, 15) is 5.11 Å². The molecule has 0 aliphatic carbocycles. The van der Waals surface area contributed by atoms with Gasteiger partial charge in [0.2, 0.25) is 0 Å². The van der Waals surface area contributed by atoms with E-state index in [2.05, 4.69) is 22.8 Å². The number of hydrogen-bond acceptors (Lipinski definition) is 4. The number of aromatic hydroxyl groups is 1. The fraction of sp³-hybridized carbons (Fsp3) is 0.385. The van der Waals surface area contributed by atoms with E-state index in [0.29, 0.717) is 16.4 Å². The van der Waals surface area contributed by atoms with Crippen molar-refractivity contribution < 1.29 is 9.84 Å². The molecule has 3 N–H and O–H groups in total. The molecule has 0 heterocycles. The van der Waals surface area contributed by atoms with E-state index in [-0.39, 0.29) is 5.75 Å². The van der Waals surface area contributed by atoms with Crippen molar-refractivity contribution >= 4 is 23.5 Å². The first-order chi connectivity index (χ1) is 9.17. The maximum absolute atomic E-state index is 9.65. The number of nitrogens with zero attached hydrogens (tertiary/aromatic N) is 1. The standard InChI is InChI=1S/C13H19N3O2S/c1-3-4-7-14-13(19)16-15-9-10-8-11(18-2)5-6-12(10)17/h5-6,8-9,17H,3-4,7H2,1-2H3,(H2,14,16,19)/b15-9+. The van der Waals surface area contributed by atoms with Crippen molar-refractivity contribution in [3.05, 3.63) is 23.8 Å². The minimum atomic E-state index is 0.135. The summed E-state index contributed by atoms with van der Waals surface area (Å²) in [6.45, 7) is 2.93. The smallest absolute Gasteiger partial charge is 0.186 e. The van der Waals surface area contributed by atoms with Crippen molar-refractivity contribution in [3.8, 4) is 11.5 Å². The summed E-state index contributed by atoms with van der Waals surface area (Å²) in [4.78, 5) is 0. The predicted octanol–water partition coefficient (Wildman–Crippen LogP) is 2.00. The molecule has 0 aliphatic rings. The van der Waals surface area contributed by atoms with Gasteiger partial charge in [-0.05, 0) is 36.8 Å². The Hall–Kier alpha value is -1.82. The highest BCUT2D eigenvalue weighted by atomic mass is 32.1. The molecule has 104 valence electrons. The Morgan fingerprint density at radius 3 is 3.00 bits per heavy atom. The van der Waals surface area contributed by atoms with Crippen LogP contribution in [0.4, 0.5) is 0 Å². The Balaban J connectivity index is 2.50. The molecule has 19 heavy (non-hydrogen) atoms. The molecular weight excluding hydrogens is 262 g/mol. The van der Waals surface area contributed by atoms with Crippen LogP contribution >= 0.6 is 12.2 Å². The van der Waals surface area contributed by atoms with Crippen LogP contribution < -0.4 is 15.5 Å². The molecule has 0 aliphatic heterocycles. The molecule has 0 amide bonds. The zero-order valence-electron chi connectivity index (χ0n) is 11.1. The number of methoxy groups -OCH3 is 1. The molecule has 1 rings (SSSR count). The van der Waals surface area contributed by atoms with Gasteiger partial charge in [-0.25, -0.2) is 0 Å². The number of unbranched alkanes of at least 4 members (excludes halogenated alkanes) is 1. The van der Waals surface area contributed by atoms with E-state index in [1.54, 1.807) is 25.3 Å². The fourth-order valence-corrected chi connectivity index (χ4v) is 1.50. The van der Waals surface area contributed by atoms with E-state index in [1.165, 1.54) is 6.21 Å². The van der Waals surface area contributed by atoms with Gasteiger partial charge in [0.05, 0.1) is 13.3 Å². The molecule has 0 fully saturated rings. The predicted molar refractivity (Wildman–Crippen MR) is 80.9 cm³/mol. The molecule has 0 spiro atoms. The van der Waals surface area contributed by atoms with Crippen molar-refractivity contribution in [1.82, 2.24) is 10.7 Å². The van der Waals surface area contributed by atoms with Crippen molar-refractivity contribution in [2.24, 2.45) is 5.10 Å². The SMILES string of the molecule is CCCCNC(=S)N/N=C/c1cc(OC)ccc1O. The fourth-order valence-electron chi connectivity index (χ4n) is 1.34. The molecule has 0 unspecified atom stereocenters. The summed E-state index contributed by atoms with van der Waals surface area (Å²) >= 11 is 5.04. The zero-order valence-corrected chi connectivity index (χ0v) is 12.0. The Morgan fingerprint density at radius 2 is 2.32 bits per heavy atom. The summed E-state index contributed by atoms with van der Waals surface area (Å²) in [6.07, 6.45) is 3.66. The first-order valence-electron chi connectivity index (χ1n) is 6.11. The van der Waals surface area contributed by atoms with E-state index in [4.69, 9.17) is 17.0 Å². The van der Waals surface area contributed by atoms with E-state index in [0.717, 1.165) is 19.4 Å².